The fourth-order valence-corrected chi connectivity index (χ4v) is 3.77. The first-order chi connectivity index (χ1) is 12.9. The van der Waals surface area contributed by atoms with Gasteiger partial charge in [0, 0.05) is 55.4 Å². The first kappa shape index (κ1) is 19.5. The first-order valence-corrected chi connectivity index (χ1v) is 8.69. The minimum absolute atomic E-state index is 0.191. The van der Waals surface area contributed by atoms with Crippen molar-refractivity contribution in [2.45, 2.75) is 12.1 Å². The molecule has 0 saturated carbocycles. The number of nitrogens with two attached hydrogens (primary N) is 1. The minimum Gasteiger partial charge on any atom is -0.497 e. The smallest absolute Gasteiger partial charge is 0.131 e. The zero-order valence-electron chi connectivity index (χ0n) is 15.4. The Kier molecular flexibility index (Phi) is 5.64. The van der Waals surface area contributed by atoms with E-state index in [2.05, 4.69) is 0 Å². The second-order valence-electron chi connectivity index (χ2n) is 6.89. The van der Waals surface area contributed by atoms with E-state index in [-0.39, 0.29) is 18.1 Å². The van der Waals surface area contributed by atoms with E-state index < -0.39 is 17.2 Å². The van der Waals surface area contributed by atoms with Crippen LogP contribution in [0.25, 0.3) is 0 Å². The number of halogens is 2. The molecule has 0 spiro atoms. The third kappa shape index (κ3) is 3.76. The van der Waals surface area contributed by atoms with Gasteiger partial charge in [-0.25, -0.2) is 8.78 Å². The molecular formula is C20H24F2N2O3. The summed E-state index contributed by atoms with van der Waals surface area (Å²) in [5, 5.41) is 9.82. The highest BCUT2D eigenvalue weighted by Gasteiger charge is 2.46. The zero-order valence-corrected chi connectivity index (χ0v) is 15.4. The van der Waals surface area contributed by atoms with Gasteiger partial charge in [0.2, 0.25) is 0 Å². The average Bonchev–Trinajstić information content (AvgIpc) is 2.98. The van der Waals surface area contributed by atoms with Gasteiger partial charge in [-0.1, -0.05) is 12.1 Å². The summed E-state index contributed by atoms with van der Waals surface area (Å²) in [6, 6.07) is 8.92. The highest BCUT2D eigenvalue weighted by Crippen LogP contribution is 2.37. The number of hydrogen-bond donors (Lipinski definition) is 2. The normalized spacial score (nSPS) is 22.8. The molecule has 0 amide bonds. The predicted octanol–water partition coefficient (Wildman–Crippen LogP) is 2.26. The van der Waals surface area contributed by atoms with E-state index in [1.807, 2.05) is 17.0 Å². The van der Waals surface area contributed by atoms with Crippen LogP contribution in [0, 0.1) is 17.6 Å². The quantitative estimate of drug-likeness (QED) is 0.807. The Balaban J connectivity index is 1.86. The molecule has 3 N–H and O–H groups in total. The van der Waals surface area contributed by atoms with E-state index in [0.717, 1.165) is 11.6 Å². The number of aliphatic hydroxyl groups excluding tert-OH is 1. The molecule has 0 unspecified atom stereocenters. The lowest BCUT2D eigenvalue weighted by atomic mass is 9.81. The van der Waals surface area contributed by atoms with E-state index in [9.17, 15) is 13.9 Å². The molecule has 7 heteroatoms. The van der Waals surface area contributed by atoms with Crippen molar-refractivity contribution >= 4 is 0 Å². The van der Waals surface area contributed by atoms with Gasteiger partial charge in [0.1, 0.15) is 23.1 Å². The van der Waals surface area contributed by atoms with Gasteiger partial charge in [0.15, 0.2) is 0 Å². The molecule has 0 radical (unpaired) electrons. The number of aliphatic hydroxyl groups is 1. The first-order valence-electron chi connectivity index (χ1n) is 8.69. The second-order valence-corrected chi connectivity index (χ2v) is 6.89. The summed E-state index contributed by atoms with van der Waals surface area (Å²) in [7, 11) is 3.17. The third-order valence-electron chi connectivity index (χ3n) is 5.23. The molecule has 2 aromatic rings. The van der Waals surface area contributed by atoms with Crippen molar-refractivity contribution in [2.24, 2.45) is 11.7 Å². The summed E-state index contributed by atoms with van der Waals surface area (Å²) in [5.41, 5.74) is 6.57. The molecule has 3 rings (SSSR count). The number of methoxy groups -OCH3 is 2. The van der Waals surface area contributed by atoms with Crippen molar-refractivity contribution in [2.75, 3.05) is 33.9 Å². The van der Waals surface area contributed by atoms with Crippen LogP contribution in [0.1, 0.15) is 11.1 Å². The number of nitrogens with zero attached hydrogens (tertiary/aromatic N) is 1. The monoisotopic (exact) mass is 378 g/mol. The van der Waals surface area contributed by atoms with Crippen molar-refractivity contribution in [1.82, 2.24) is 4.90 Å². The largest absolute Gasteiger partial charge is 0.497 e. The van der Waals surface area contributed by atoms with Gasteiger partial charge >= 0.3 is 0 Å². The lowest BCUT2D eigenvalue weighted by Gasteiger charge is -2.30. The van der Waals surface area contributed by atoms with Crippen LogP contribution in [-0.2, 0) is 12.1 Å². The van der Waals surface area contributed by atoms with Crippen molar-refractivity contribution in [3.05, 3.63) is 59.2 Å². The van der Waals surface area contributed by atoms with E-state index in [0.29, 0.717) is 31.1 Å². The van der Waals surface area contributed by atoms with Crippen LogP contribution in [0.15, 0.2) is 36.4 Å². The molecule has 0 bridgehead atoms. The molecule has 1 saturated heterocycles. The Labute approximate surface area is 157 Å². The predicted molar refractivity (Wildman–Crippen MR) is 97.6 cm³/mol. The van der Waals surface area contributed by atoms with Crippen LogP contribution in [0.2, 0.25) is 0 Å². The van der Waals surface area contributed by atoms with Crippen molar-refractivity contribution < 1.29 is 23.4 Å². The van der Waals surface area contributed by atoms with Crippen LogP contribution < -0.4 is 15.2 Å². The number of likely N-dealkylation sites (tertiary alicyclic amines) is 1. The molecule has 0 aliphatic carbocycles. The Morgan fingerprint density at radius 2 is 1.96 bits per heavy atom. The topological polar surface area (TPSA) is 68.0 Å². The number of hydrogen-bond acceptors (Lipinski definition) is 5. The number of benzene rings is 2. The van der Waals surface area contributed by atoms with Crippen LogP contribution in [0.5, 0.6) is 11.5 Å². The number of rotatable bonds is 6. The van der Waals surface area contributed by atoms with Gasteiger partial charge in [0.05, 0.1) is 19.8 Å². The molecule has 0 aromatic heterocycles. The molecule has 2 atom stereocenters. The van der Waals surface area contributed by atoms with E-state index in [1.165, 1.54) is 12.1 Å². The van der Waals surface area contributed by atoms with Gasteiger partial charge in [-0.3, -0.25) is 4.90 Å². The lowest BCUT2D eigenvalue weighted by molar-refractivity contribution is 0.183. The lowest BCUT2D eigenvalue weighted by Crippen LogP contribution is -2.46. The molecule has 5 nitrogen and oxygen atoms in total. The Morgan fingerprint density at radius 3 is 2.59 bits per heavy atom. The van der Waals surface area contributed by atoms with Gasteiger partial charge in [-0.15, -0.1) is 0 Å². The minimum atomic E-state index is -1.10. The SMILES string of the molecule is COc1ccc(CN2C[C@@H](CO)[C@](N)(c3ccc(F)cc3F)C2)c(OC)c1. The van der Waals surface area contributed by atoms with Crippen LogP contribution >= 0.6 is 0 Å². The van der Waals surface area contributed by atoms with E-state index >= 15 is 0 Å². The van der Waals surface area contributed by atoms with Crippen molar-refractivity contribution in [1.29, 1.82) is 0 Å². The molecule has 1 heterocycles. The summed E-state index contributed by atoms with van der Waals surface area (Å²) in [5.74, 6) is -0.357. The highest BCUT2D eigenvalue weighted by molar-refractivity contribution is 5.41. The third-order valence-corrected chi connectivity index (χ3v) is 5.23. The molecule has 1 aliphatic rings. The molecular weight excluding hydrogens is 354 g/mol. The van der Waals surface area contributed by atoms with Crippen molar-refractivity contribution in [3.63, 3.8) is 0 Å². The van der Waals surface area contributed by atoms with Gasteiger partial charge in [-0.2, -0.15) is 0 Å². The fraction of sp³-hybridized carbons (Fsp3) is 0.400. The summed E-state index contributed by atoms with van der Waals surface area (Å²) < 4.78 is 38.3. The zero-order chi connectivity index (χ0) is 19.6. The summed E-state index contributed by atoms with van der Waals surface area (Å²) >= 11 is 0. The van der Waals surface area contributed by atoms with Crippen LogP contribution in [0.3, 0.4) is 0 Å². The van der Waals surface area contributed by atoms with E-state index in [4.69, 9.17) is 15.2 Å². The summed E-state index contributed by atoms with van der Waals surface area (Å²) in [6.45, 7) is 1.14. The Bertz CT molecular complexity index is 818. The van der Waals surface area contributed by atoms with Crippen molar-refractivity contribution in [3.8, 4) is 11.5 Å². The Hall–Kier alpha value is -2.22. The average molecular weight is 378 g/mol. The molecule has 2 aromatic carbocycles. The van der Waals surface area contributed by atoms with Crippen LogP contribution in [0.4, 0.5) is 8.78 Å². The fourth-order valence-electron chi connectivity index (χ4n) is 3.77. The molecule has 1 aliphatic heterocycles. The second kappa shape index (κ2) is 7.80. The van der Waals surface area contributed by atoms with Crippen LogP contribution in [-0.4, -0.2) is 43.9 Å². The van der Waals surface area contributed by atoms with Gasteiger partial charge in [0.25, 0.3) is 0 Å². The molecule has 146 valence electrons. The Morgan fingerprint density at radius 1 is 1.19 bits per heavy atom. The molecule has 1 fully saturated rings. The standard InChI is InChI=1S/C20H24F2N2O3/c1-26-16-5-3-13(19(8-16)27-2)9-24-10-14(11-25)20(23,12-24)17-6-4-15(21)7-18(17)22/h3-8,14,25H,9-12,23H2,1-2H3/t14-,20-/m0/s1. The maximum absolute atomic E-state index is 14.4. The summed E-state index contributed by atoms with van der Waals surface area (Å²) in [4.78, 5) is 2.04. The van der Waals surface area contributed by atoms with Gasteiger partial charge < -0.3 is 20.3 Å². The van der Waals surface area contributed by atoms with Gasteiger partial charge in [-0.05, 0) is 12.1 Å². The highest BCUT2D eigenvalue weighted by atomic mass is 19.1. The van der Waals surface area contributed by atoms with E-state index in [1.54, 1.807) is 20.3 Å². The summed E-state index contributed by atoms with van der Waals surface area (Å²) in [6.07, 6.45) is 0. The molecule has 27 heavy (non-hydrogen) atoms. The maximum atomic E-state index is 14.4. The number of ether oxygens (including phenoxy) is 2. The maximum Gasteiger partial charge on any atom is 0.131 e.